The summed E-state index contributed by atoms with van der Waals surface area (Å²) in [6.07, 6.45) is 2.82. The second-order valence-electron chi connectivity index (χ2n) is 6.17. The summed E-state index contributed by atoms with van der Waals surface area (Å²) in [5.74, 6) is 0.548. The van der Waals surface area contributed by atoms with Crippen LogP contribution >= 0.6 is 0 Å². The zero-order valence-corrected chi connectivity index (χ0v) is 14.8. The number of fused-ring (bicyclic) bond motifs is 1. The molecule has 6 heteroatoms. The molecule has 0 aliphatic carbocycles. The standard InChI is InChI=1S/C21H22O6/c1-3-7-25-18-10-14(22)11-19-15(18)12-20(26-8-4-2)21(27-19)13-5-6-16(23)17(24)9-13/h3-6,9-11,20-24H,1-2,7-8,12H2. The normalized spacial score (nSPS) is 18.2. The second-order valence-corrected chi connectivity index (χ2v) is 6.17. The van der Waals surface area contributed by atoms with Crippen LogP contribution in [0.2, 0.25) is 0 Å². The highest BCUT2D eigenvalue weighted by atomic mass is 16.5. The Hall–Kier alpha value is -3.12. The van der Waals surface area contributed by atoms with E-state index in [2.05, 4.69) is 13.2 Å². The van der Waals surface area contributed by atoms with Crippen LogP contribution in [0.3, 0.4) is 0 Å². The fourth-order valence-corrected chi connectivity index (χ4v) is 3.05. The van der Waals surface area contributed by atoms with Crippen molar-refractivity contribution in [2.24, 2.45) is 0 Å². The van der Waals surface area contributed by atoms with Gasteiger partial charge in [-0.25, -0.2) is 0 Å². The largest absolute Gasteiger partial charge is 0.508 e. The summed E-state index contributed by atoms with van der Waals surface area (Å²) >= 11 is 0. The van der Waals surface area contributed by atoms with Crippen LogP contribution in [-0.4, -0.2) is 34.6 Å². The van der Waals surface area contributed by atoms with Crippen LogP contribution in [0.1, 0.15) is 17.2 Å². The molecular weight excluding hydrogens is 348 g/mol. The van der Waals surface area contributed by atoms with Gasteiger partial charge in [0.25, 0.3) is 0 Å². The van der Waals surface area contributed by atoms with E-state index in [-0.39, 0.29) is 23.4 Å². The second kappa shape index (κ2) is 8.05. The van der Waals surface area contributed by atoms with Crippen LogP contribution in [0.5, 0.6) is 28.7 Å². The number of benzene rings is 2. The molecule has 0 saturated carbocycles. The van der Waals surface area contributed by atoms with Crippen LogP contribution in [0.4, 0.5) is 0 Å². The lowest BCUT2D eigenvalue weighted by atomic mass is 9.93. The minimum atomic E-state index is -0.544. The highest BCUT2D eigenvalue weighted by Crippen LogP contribution is 2.44. The molecule has 0 aromatic heterocycles. The topological polar surface area (TPSA) is 88.4 Å². The van der Waals surface area contributed by atoms with Crippen molar-refractivity contribution in [3.05, 3.63) is 66.8 Å². The molecule has 0 spiro atoms. The summed E-state index contributed by atoms with van der Waals surface area (Å²) in [6, 6.07) is 7.55. The van der Waals surface area contributed by atoms with Crippen molar-refractivity contribution in [3.8, 4) is 28.7 Å². The molecule has 142 valence electrons. The molecule has 0 bridgehead atoms. The van der Waals surface area contributed by atoms with Gasteiger partial charge in [0.1, 0.15) is 30.0 Å². The van der Waals surface area contributed by atoms with Gasteiger partial charge in [0.2, 0.25) is 0 Å². The molecule has 3 rings (SSSR count). The summed E-state index contributed by atoms with van der Waals surface area (Å²) in [5.41, 5.74) is 1.42. The van der Waals surface area contributed by atoms with Crippen molar-refractivity contribution in [3.63, 3.8) is 0 Å². The molecule has 2 aromatic rings. The molecule has 27 heavy (non-hydrogen) atoms. The van der Waals surface area contributed by atoms with Gasteiger partial charge >= 0.3 is 0 Å². The molecule has 1 aliphatic heterocycles. The molecule has 3 N–H and O–H groups in total. The molecule has 2 aromatic carbocycles. The van der Waals surface area contributed by atoms with Crippen LogP contribution in [0.15, 0.2) is 55.6 Å². The molecule has 1 aliphatic rings. The van der Waals surface area contributed by atoms with Gasteiger partial charge in [-0.3, -0.25) is 0 Å². The quantitative estimate of drug-likeness (QED) is 0.510. The Morgan fingerprint density at radius 1 is 1.04 bits per heavy atom. The first kappa shape index (κ1) is 18.7. The van der Waals surface area contributed by atoms with Gasteiger partial charge < -0.3 is 29.5 Å². The lowest BCUT2D eigenvalue weighted by Crippen LogP contribution is -2.33. The molecule has 0 amide bonds. The number of rotatable bonds is 7. The molecule has 2 atom stereocenters. The van der Waals surface area contributed by atoms with Crippen LogP contribution in [0, 0.1) is 0 Å². The van der Waals surface area contributed by atoms with Gasteiger partial charge in [0.15, 0.2) is 17.6 Å². The number of hydrogen-bond donors (Lipinski definition) is 3. The van der Waals surface area contributed by atoms with E-state index in [0.29, 0.717) is 36.7 Å². The zero-order chi connectivity index (χ0) is 19.4. The van der Waals surface area contributed by atoms with Crippen molar-refractivity contribution in [1.29, 1.82) is 0 Å². The zero-order valence-electron chi connectivity index (χ0n) is 14.8. The Kier molecular flexibility index (Phi) is 5.57. The van der Waals surface area contributed by atoms with E-state index in [1.165, 1.54) is 24.3 Å². The summed E-state index contributed by atoms with van der Waals surface area (Å²) in [5, 5.41) is 29.4. The summed E-state index contributed by atoms with van der Waals surface area (Å²) in [7, 11) is 0. The lowest BCUT2D eigenvalue weighted by molar-refractivity contribution is -0.0271. The van der Waals surface area contributed by atoms with Crippen LogP contribution < -0.4 is 9.47 Å². The molecule has 6 nitrogen and oxygen atoms in total. The van der Waals surface area contributed by atoms with E-state index < -0.39 is 6.10 Å². The van der Waals surface area contributed by atoms with Crippen molar-refractivity contribution in [1.82, 2.24) is 0 Å². The molecule has 0 saturated heterocycles. The maximum atomic E-state index is 10.0. The first-order chi connectivity index (χ1) is 13.0. The number of ether oxygens (including phenoxy) is 3. The summed E-state index contributed by atoms with van der Waals surface area (Å²) < 4.78 is 17.7. The van der Waals surface area contributed by atoms with Gasteiger partial charge in [-0.2, -0.15) is 0 Å². The fourth-order valence-electron chi connectivity index (χ4n) is 3.05. The first-order valence-corrected chi connectivity index (χ1v) is 8.54. The average molecular weight is 370 g/mol. The van der Waals surface area contributed by atoms with Crippen LogP contribution in [-0.2, 0) is 11.2 Å². The third-order valence-corrected chi connectivity index (χ3v) is 4.26. The average Bonchev–Trinajstić information content (AvgIpc) is 2.66. The monoisotopic (exact) mass is 370 g/mol. The van der Waals surface area contributed by atoms with Gasteiger partial charge in [-0.05, 0) is 17.7 Å². The number of phenolic OH excluding ortho intramolecular Hbond substituents is 3. The lowest BCUT2D eigenvalue weighted by Gasteiger charge is -2.34. The van der Waals surface area contributed by atoms with Gasteiger partial charge in [-0.15, -0.1) is 6.58 Å². The molecule has 2 unspecified atom stereocenters. The maximum absolute atomic E-state index is 10.0. The van der Waals surface area contributed by atoms with Gasteiger partial charge in [0, 0.05) is 24.1 Å². The predicted octanol–water partition coefficient (Wildman–Crippen LogP) is 3.62. The van der Waals surface area contributed by atoms with E-state index in [1.807, 2.05) is 0 Å². The third-order valence-electron chi connectivity index (χ3n) is 4.26. The highest BCUT2D eigenvalue weighted by Gasteiger charge is 2.34. The smallest absolute Gasteiger partial charge is 0.157 e. The number of aromatic hydroxyl groups is 3. The number of phenols is 3. The van der Waals surface area contributed by atoms with E-state index in [1.54, 1.807) is 18.2 Å². The highest BCUT2D eigenvalue weighted by molar-refractivity contribution is 5.52. The Morgan fingerprint density at radius 3 is 2.52 bits per heavy atom. The molecule has 1 heterocycles. The van der Waals surface area contributed by atoms with E-state index in [0.717, 1.165) is 5.56 Å². The van der Waals surface area contributed by atoms with Crippen molar-refractivity contribution < 1.29 is 29.5 Å². The van der Waals surface area contributed by atoms with Crippen molar-refractivity contribution in [2.45, 2.75) is 18.6 Å². The van der Waals surface area contributed by atoms with Gasteiger partial charge in [-0.1, -0.05) is 24.8 Å². The first-order valence-electron chi connectivity index (χ1n) is 8.54. The minimum Gasteiger partial charge on any atom is -0.508 e. The summed E-state index contributed by atoms with van der Waals surface area (Å²) in [4.78, 5) is 0. The minimum absolute atomic E-state index is 0.0191. The van der Waals surface area contributed by atoms with E-state index in [4.69, 9.17) is 14.2 Å². The van der Waals surface area contributed by atoms with Gasteiger partial charge in [0.05, 0.1) is 6.61 Å². The van der Waals surface area contributed by atoms with Crippen LogP contribution in [0.25, 0.3) is 0 Å². The molecule has 0 fully saturated rings. The van der Waals surface area contributed by atoms with E-state index in [9.17, 15) is 15.3 Å². The SMILES string of the molecule is C=CCOc1cc(O)cc2c1CC(OCC=C)C(c1ccc(O)c(O)c1)O2. The Labute approximate surface area is 157 Å². The molecule has 0 radical (unpaired) electrons. The Bertz CT molecular complexity index is 845. The van der Waals surface area contributed by atoms with Crippen molar-refractivity contribution in [2.75, 3.05) is 13.2 Å². The molecular formula is C21H22O6. The Morgan fingerprint density at radius 2 is 1.81 bits per heavy atom. The van der Waals surface area contributed by atoms with Crippen molar-refractivity contribution >= 4 is 0 Å². The number of hydrogen-bond acceptors (Lipinski definition) is 6. The Balaban J connectivity index is 2.00. The third kappa shape index (κ3) is 4.01. The maximum Gasteiger partial charge on any atom is 0.157 e. The van der Waals surface area contributed by atoms with E-state index >= 15 is 0 Å². The predicted molar refractivity (Wildman–Crippen MR) is 101 cm³/mol. The summed E-state index contributed by atoms with van der Waals surface area (Å²) in [6.45, 7) is 7.93. The fraction of sp³-hybridized carbons (Fsp3) is 0.238.